The molecule has 0 saturated carbocycles. The van der Waals surface area contributed by atoms with E-state index in [4.69, 9.17) is 10.7 Å². The monoisotopic (exact) mass is 331 g/mol. The molecule has 1 unspecified atom stereocenters. The number of carbonyl (C=O) groups is 1. The first kappa shape index (κ1) is 18.0. The quantitative estimate of drug-likeness (QED) is 0.813. The van der Waals surface area contributed by atoms with E-state index in [-0.39, 0.29) is 16.8 Å². The van der Waals surface area contributed by atoms with Crippen molar-refractivity contribution in [3.05, 3.63) is 29.3 Å². The molecule has 0 aromatic heterocycles. The molecule has 0 saturated heterocycles. The maximum absolute atomic E-state index is 12.3. The average molecular weight is 332 g/mol. The van der Waals surface area contributed by atoms with Crippen LogP contribution in [0.5, 0.6) is 0 Å². The van der Waals surface area contributed by atoms with Crippen LogP contribution in [0, 0.1) is 5.92 Å². The first-order valence-electron chi connectivity index (χ1n) is 7.03. The summed E-state index contributed by atoms with van der Waals surface area (Å²) in [6, 6.07) is 4.43. The van der Waals surface area contributed by atoms with Gasteiger partial charge in [-0.3, -0.25) is 4.79 Å². The minimum absolute atomic E-state index is 0.0264. The Morgan fingerprint density at radius 2 is 1.90 bits per heavy atom. The topological polar surface area (TPSA) is 63.2 Å². The van der Waals surface area contributed by atoms with Gasteiger partial charge in [0.2, 0.25) is 0 Å². The largest absolute Gasteiger partial charge is 0.350 e. The molecular weight excluding hydrogens is 310 g/mol. The molecule has 0 aliphatic heterocycles. The van der Waals surface area contributed by atoms with Crippen LogP contribution in [0.25, 0.3) is 0 Å². The second-order valence-corrected chi connectivity index (χ2v) is 8.18. The molecule has 0 aliphatic rings. The lowest BCUT2D eigenvalue weighted by molar-refractivity contribution is 0.0935. The number of nitrogens with one attached hydrogen (secondary N) is 1. The minimum atomic E-state index is -3.84. The van der Waals surface area contributed by atoms with Crippen LogP contribution >= 0.6 is 10.7 Å². The molecule has 1 amide bonds. The molecule has 1 aromatic rings. The molecule has 1 atom stereocenters. The Labute approximate surface area is 131 Å². The van der Waals surface area contributed by atoms with E-state index in [0.29, 0.717) is 17.9 Å². The van der Waals surface area contributed by atoms with E-state index in [0.717, 1.165) is 12.0 Å². The highest BCUT2D eigenvalue weighted by Gasteiger charge is 2.18. The van der Waals surface area contributed by atoms with E-state index in [1.54, 1.807) is 6.07 Å². The van der Waals surface area contributed by atoms with Crippen molar-refractivity contribution in [2.24, 2.45) is 5.92 Å². The highest BCUT2D eigenvalue weighted by atomic mass is 35.7. The lowest BCUT2D eigenvalue weighted by Crippen LogP contribution is -2.34. The zero-order valence-electron chi connectivity index (χ0n) is 12.8. The molecule has 4 nitrogen and oxygen atoms in total. The number of benzene rings is 1. The fourth-order valence-corrected chi connectivity index (χ4v) is 3.07. The van der Waals surface area contributed by atoms with Gasteiger partial charge in [0.25, 0.3) is 15.0 Å². The number of halogens is 1. The van der Waals surface area contributed by atoms with Crippen LogP contribution in [0.3, 0.4) is 0 Å². The van der Waals surface area contributed by atoms with Crippen LogP contribution in [-0.4, -0.2) is 20.4 Å². The van der Waals surface area contributed by atoms with Gasteiger partial charge in [0.15, 0.2) is 0 Å². The van der Waals surface area contributed by atoms with Crippen molar-refractivity contribution in [1.82, 2.24) is 5.32 Å². The van der Waals surface area contributed by atoms with Crippen LogP contribution in [0.4, 0.5) is 0 Å². The zero-order valence-corrected chi connectivity index (χ0v) is 14.4. The SMILES string of the molecule is CCc1ccc(S(=O)(=O)Cl)cc1C(=O)NC(C)CC(C)C. The molecule has 1 N–H and O–H groups in total. The molecule has 0 spiro atoms. The van der Waals surface area contributed by atoms with Gasteiger partial charge in [0.05, 0.1) is 4.90 Å². The van der Waals surface area contributed by atoms with Crippen molar-refractivity contribution in [2.45, 2.75) is 51.5 Å². The van der Waals surface area contributed by atoms with Gasteiger partial charge in [0, 0.05) is 22.3 Å². The molecule has 0 heterocycles. The smallest absolute Gasteiger partial charge is 0.261 e. The third kappa shape index (κ3) is 5.32. The molecule has 118 valence electrons. The number of aryl methyl sites for hydroxylation is 1. The Kier molecular flexibility index (Phi) is 6.23. The maximum Gasteiger partial charge on any atom is 0.261 e. The Morgan fingerprint density at radius 3 is 2.38 bits per heavy atom. The maximum atomic E-state index is 12.3. The van der Waals surface area contributed by atoms with E-state index >= 15 is 0 Å². The number of hydrogen-bond donors (Lipinski definition) is 1. The predicted molar refractivity (Wildman–Crippen MR) is 85.2 cm³/mol. The lowest BCUT2D eigenvalue weighted by atomic mass is 10.0. The van der Waals surface area contributed by atoms with Gasteiger partial charge in [-0.2, -0.15) is 0 Å². The van der Waals surface area contributed by atoms with Crippen molar-refractivity contribution in [1.29, 1.82) is 0 Å². The molecular formula is C15H22ClNO3S. The number of hydrogen-bond acceptors (Lipinski definition) is 3. The van der Waals surface area contributed by atoms with Gasteiger partial charge in [-0.15, -0.1) is 0 Å². The van der Waals surface area contributed by atoms with Crippen LogP contribution in [0.15, 0.2) is 23.1 Å². The fraction of sp³-hybridized carbons (Fsp3) is 0.533. The van der Waals surface area contributed by atoms with Gasteiger partial charge in [-0.25, -0.2) is 8.42 Å². The zero-order chi connectivity index (χ0) is 16.2. The number of amides is 1. The summed E-state index contributed by atoms with van der Waals surface area (Å²) in [6.07, 6.45) is 1.50. The molecule has 21 heavy (non-hydrogen) atoms. The van der Waals surface area contributed by atoms with Gasteiger partial charge in [-0.1, -0.05) is 26.8 Å². The van der Waals surface area contributed by atoms with Gasteiger partial charge >= 0.3 is 0 Å². The summed E-state index contributed by atoms with van der Waals surface area (Å²) in [5.74, 6) is 0.211. The lowest BCUT2D eigenvalue weighted by Gasteiger charge is -2.17. The third-order valence-corrected chi connectivity index (χ3v) is 4.54. The molecule has 6 heteroatoms. The first-order valence-corrected chi connectivity index (χ1v) is 9.34. The van der Waals surface area contributed by atoms with E-state index in [9.17, 15) is 13.2 Å². The van der Waals surface area contributed by atoms with Crippen LogP contribution in [0.1, 0.15) is 50.0 Å². The predicted octanol–water partition coefficient (Wildman–Crippen LogP) is 3.34. The van der Waals surface area contributed by atoms with E-state index in [2.05, 4.69) is 19.2 Å². The van der Waals surface area contributed by atoms with Crippen LogP contribution in [0.2, 0.25) is 0 Å². The van der Waals surface area contributed by atoms with E-state index in [1.807, 2.05) is 13.8 Å². The Morgan fingerprint density at radius 1 is 1.29 bits per heavy atom. The highest BCUT2D eigenvalue weighted by Crippen LogP contribution is 2.20. The van der Waals surface area contributed by atoms with Crippen molar-refractivity contribution in [3.63, 3.8) is 0 Å². The van der Waals surface area contributed by atoms with Gasteiger partial charge in [-0.05, 0) is 43.4 Å². The summed E-state index contributed by atoms with van der Waals surface area (Å²) in [5.41, 5.74) is 1.17. The van der Waals surface area contributed by atoms with E-state index < -0.39 is 9.05 Å². The fourth-order valence-electron chi connectivity index (χ4n) is 2.29. The number of rotatable bonds is 6. The average Bonchev–Trinajstić information content (AvgIpc) is 2.35. The summed E-state index contributed by atoms with van der Waals surface area (Å²) in [6.45, 7) is 8.02. The second-order valence-electron chi connectivity index (χ2n) is 5.61. The first-order chi connectivity index (χ1) is 9.65. The van der Waals surface area contributed by atoms with Crippen molar-refractivity contribution >= 4 is 25.6 Å². The highest BCUT2D eigenvalue weighted by molar-refractivity contribution is 8.13. The summed E-state index contributed by atoms with van der Waals surface area (Å²) in [4.78, 5) is 12.3. The second kappa shape index (κ2) is 7.27. The van der Waals surface area contributed by atoms with Crippen molar-refractivity contribution < 1.29 is 13.2 Å². The summed E-state index contributed by atoms with van der Waals surface area (Å²) in [7, 11) is 1.51. The molecule has 0 aliphatic carbocycles. The van der Waals surface area contributed by atoms with Gasteiger partial charge in [0.1, 0.15) is 0 Å². The van der Waals surface area contributed by atoms with Gasteiger partial charge < -0.3 is 5.32 Å². The standard InChI is InChI=1S/C15H22ClNO3S/c1-5-12-6-7-13(21(16,19)20)9-14(12)15(18)17-11(4)8-10(2)3/h6-7,9-11H,5,8H2,1-4H3,(H,17,18). The Hall–Kier alpha value is -1.07. The molecule has 0 fully saturated rings. The summed E-state index contributed by atoms with van der Waals surface area (Å²) in [5, 5.41) is 2.90. The third-order valence-electron chi connectivity index (χ3n) is 3.19. The normalized spacial score (nSPS) is 13.2. The van der Waals surface area contributed by atoms with Crippen molar-refractivity contribution in [3.8, 4) is 0 Å². The molecule has 1 rings (SSSR count). The molecule has 0 bridgehead atoms. The summed E-state index contributed by atoms with van der Waals surface area (Å²) >= 11 is 0. The number of carbonyl (C=O) groups excluding carboxylic acids is 1. The molecule has 1 aromatic carbocycles. The van der Waals surface area contributed by atoms with Crippen LogP contribution in [-0.2, 0) is 15.5 Å². The Bertz CT molecular complexity index is 611. The van der Waals surface area contributed by atoms with E-state index in [1.165, 1.54) is 12.1 Å². The minimum Gasteiger partial charge on any atom is -0.350 e. The molecule has 0 radical (unpaired) electrons. The Balaban J connectivity index is 3.07. The van der Waals surface area contributed by atoms with Crippen molar-refractivity contribution in [2.75, 3.05) is 0 Å². The van der Waals surface area contributed by atoms with Crippen LogP contribution < -0.4 is 5.32 Å². The summed E-state index contributed by atoms with van der Waals surface area (Å²) < 4.78 is 22.8.